The maximum absolute atomic E-state index is 10.9. The van der Waals surface area contributed by atoms with E-state index in [1.807, 2.05) is 41.1 Å². The van der Waals surface area contributed by atoms with E-state index in [1.54, 1.807) is 6.07 Å². The molecule has 0 aliphatic rings. The van der Waals surface area contributed by atoms with Crippen molar-refractivity contribution in [3.63, 3.8) is 0 Å². The SMILES string of the molecule is O=C(O)c1cccc(Cn2ccc3ccc(Cl)cc32)n1. The molecule has 1 N–H and O–H groups in total. The summed E-state index contributed by atoms with van der Waals surface area (Å²) in [6.07, 6.45) is 1.94. The molecule has 0 amide bonds. The molecule has 3 aromatic rings. The number of carboxylic acid groups (broad SMARTS) is 1. The standard InChI is InChI=1S/C15H11ClN2O2/c16-11-5-4-10-6-7-18(14(10)8-11)9-12-2-1-3-13(17-12)15(19)20/h1-8H,9H2,(H,19,20). The molecule has 100 valence electrons. The van der Waals surface area contributed by atoms with Crippen LogP contribution in [0.5, 0.6) is 0 Å². The molecule has 3 rings (SSSR count). The van der Waals surface area contributed by atoms with Crippen molar-refractivity contribution in [1.82, 2.24) is 9.55 Å². The monoisotopic (exact) mass is 286 g/mol. The number of pyridine rings is 1. The predicted octanol–water partition coefficient (Wildman–Crippen LogP) is 3.44. The average Bonchev–Trinajstić information content (AvgIpc) is 2.82. The van der Waals surface area contributed by atoms with Gasteiger partial charge in [0.05, 0.1) is 12.2 Å². The molecule has 0 atom stereocenters. The van der Waals surface area contributed by atoms with Crippen LogP contribution in [0.2, 0.25) is 5.02 Å². The van der Waals surface area contributed by atoms with Crippen molar-refractivity contribution in [1.29, 1.82) is 0 Å². The van der Waals surface area contributed by atoms with Crippen LogP contribution in [0.3, 0.4) is 0 Å². The summed E-state index contributed by atoms with van der Waals surface area (Å²) >= 11 is 6.01. The van der Waals surface area contributed by atoms with Crippen LogP contribution in [-0.4, -0.2) is 20.6 Å². The first-order valence-corrected chi connectivity index (χ1v) is 6.45. The molecule has 0 radical (unpaired) electrons. The summed E-state index contributed by atoms with van der Waals surface area (Å²) in [5, 5.41) is 10.7. The van der Waals surface area contributed by atoms with Gasteiger partial charge >= 0.3 is 5.97 Å². The van der Waals surface area contributed by atoms with Crippen LogP contribution in [0, 0.1) is 0 Å². The van der Waals surface area contributed by atoms with Crippen molar-refractivity contribution in [2.75, 3.05) is 0 Å². The van der Waals surface area contributed by atoms with E-state index in [0.29, 0.717) is 17.3 Å². The molecule has 20 heavy (non-hydrogen) atoms. The molecule has 0 saturated heterocycles. The van der Waals surface area contributed by atoms with Crippen molar-refractivity contribution in [3.8, 4) is 0 Å². The summed E-state index contributed by atoms with van der Waals surface area (Å²) < 4.78 is 2.00. The third-order valence-electron chi connectivity index (χ3n) is 3.09. The smallest absolute Gasteiger partial charge is 0.354 e. The molecule has 0 aliphatic heterocycles. The fourth-order valence-corrected chi connectivity index (χ4v) is 2.32. The molecule has 0 spiro atoms. The fraction of sp³-hybridized carbons (Fsp3) is 0.0667. The largest absolute Gasteiger partial charge is 0.477 e. The highest BCUT2D eigenvalue weighted by molar-refractivity contribution is 6.31. The minimum absolute atomic E-state index is 0.0528. The molecule has 2 heterocycles. The molecule has 0 saturated carbocycles. The molecule has 1 aromatic carbocycles. The Labute approximate surface area is 120 Å². The van der Waals surface area contributed by atoms with Crippen LogP contribution in [0.25, 0.3) is 10.9 Å². The Kier molecular flexibility index (Phi) is 3.16. The summed E-state index contributed by atoms with van der Waals surface area (Å²) in [5.74, 6) is -1.02. The van der Waals surface area contributed by atoms with Crippen molar-refractivity contribution in [2.45, 2.75) is 6.54 Å². The van der Waals surface area contributed by atoms with Gasteiger partial charge in [-0.15, -0.1) is 0 Å². The van der Waals surface area contributed by atoms with Gasteiger partial charge in [-0.25, -0.2) is 9.78 Å². The number of fused-ring (bicyclic) bond motifs is 1. The third kappa shape index (κ3) is 2.38. The summed E-state index contributed by atoms with van der Waals surface area (Å²) in [6, 6.07) is 12.7. The lowest BCUT2D eigenvalue weighted by Crippen LogP contribution is -2.05. The van der Waals surface area contributed by atoms with E-state index < -0.39 is 5.97 Å². The zero-order chi connectivity index (χ0) is 14.1. The lowest BCUT2D eigenvalue weighted by atomic mass is 10.2. The minimum atomic E-state index is -1.02. The number of aromatic carboxylic acids is 1. The predicted molar refractivity (Wildman–Crippen MR) is 77.2 cm³/mol. The summed E-state index contributed by atoms with van der Waals surface area (Å²) in [6.45, 7) is 0.505. The molecule has 0 fully saturated rings. The molecular weight excluding hydrogens is 276 g/mol. The van der Waals surface area contributed by atoms with E-state index in [1.165, 1.54) is 6.07 Å². The number of benzene rings is 1. The first-order chi connectivity index (χ1) is 9.63. The Hall–Kier alpha value is -2.33. The van der Waals surface area contributed by atoms with Gasteiger partial charge in [0.1, 0.15) is 5.69 Å². The van der Waals surface area contributed by atoms with E-state index in [9.17, 15) is 4.79 Å². The Bertz CT molecular complexity index is 795. The van der Waals surface area contributed by atoms with Crippen LogP contribution >= 0.6 is 11.6 Å². The van der Waals surface area contributed by atoms with Gasteiger partial charge < -0.3 is 9.67 Å². The number of aromatic nitrogens is 2. The molecule has 2 aromatic heterocycles. The minimum Gasteiger partial charge on any atom is -0.477 e. The number of hydrogen-bond donors (Lipinski definition) is 1. The number of carboxylic acids is 1. The first-order valence-electron chi connectivity index (χ1n) is 6.07. The average molecular weight is 287 g/mol. The van der Waals surface area contributed by atoms with Gasteiger partial charge in [-0.2, -0.15) is 0 Å². The second-order valence-electron chi connectivity index (χ2n) is 4.47. The fourth-order valence-electron chi connectivity index (χ4n) is 2.16. The lowest BCUT2D eigenvalue weighted by molar-refractivity contribution is 0.0690. The molecule has 4 nitrogen and oxygen atoms in total. The Morgan fingerprint density at radius 3 is 2.90 bits per heavy atom. The molecule has 0 bridgehead atoms. The zero-order valence-electron chi connectivity index (χ0n) is 10.5. The number of carbonyl (C=O) groups is 1. The van der Waals surface area contributed by atoms with Crippen LogP contribution in [0.4, 0.5) is 0 Å². The molecule has 0 unspecified atom stereocenters. The van der Waals surface area contributed by atoms with Crippen molar-refractivity contribution >= 4 is 28.5 Å². The van der Waals surface area contributed by atoms with Crippen LogP contribution in [0.15, 0.2) is 48.7 Å². The highest BCUT2D eigenvalue weighted by atomic mass is 35.5. The number of hydrogen-bond acceptors (Lipinski definition) is 2. The van der Waals surface area contributed by atoms with E-state index in [2.05, 4.69) is 4.98 Å². The first kappa shape index (κ1) is 12.7. The third-order valence-corrected chi connectivity index (χ3v) is 3.33. The van der Waals surface area contributed by atoms with E-state index in [-0.39, 0.29) is 5.69 Å². The van der Waals surface area contributed by atoms with Crippen molar-refractivity contribution in [3.05, 3.63) is 65.1 Å². The number of halogens is 1. The molecular formula is C15H11ClN2O2. The zero-order valence-corrected chi connectivity index (χ0v) is 11.2. The summed E-state index contributed by atoms with van der Waals surface area (Å²) in [5.41, 5.74) is 1.75. The van der Waals surface area contributed by atoms with Gasteiger partial charge in [-0.05, 0) is 35.7 Å². The van der Waals surface area contributed by atoms with Gasteiger partial charge in [0.25, 0.3) is 0 Å². The Morgan fingerprint density at radius 1 is 1.25 bits per heavy atom. The van der Waals surface area contributed by atoms with Crippen molar-refractivity contribution in [2.24, 2.45) is 0 Å². The Morgan fingerprint density at radius 2 is 2.10 bits per heavy atom. The second kappa shape index (κ2) is 4.98. The quantitative estimate of drug-likeness (QED) is 0.802. The van der Waals surface area contributed by atoms with Crippen LogP contribution < -0.4 is 0 Å². The normalized spacial score (nSPS) is 10.8. The summed E-state index contributed by atoms with van der Waals surface area (Å²) in [4.78, 5) is 15.0. The highest BCUT2D eigenvalue weighted by Crippen LogP contribution is 2.21. The van der Waals surface area contributed by atoms with Crippen LogP contribution in [0.1, 0.15) is 16.2 Å². The maximum Gasteiger partial charge on any atom is 0.354 e. The van der Waals surface area contributed by atoms with Gasteiger partial charge in [0.15, 0.2) is 0 Å². The topological polar surface area (TPSA) is 55.1 Å². The second-order valence-corrected chi connectivity index (χ2v) is 4.90. The van der Waals surface area contributed by atoms with Gasteiger partial charge in [-0.1, -0.05) is 23.7 Å². The van der Waals surface area contributed by atoms with Gasteiger partial charge in [0.2, 0.25) is 0 Å². The highest BCUT2D eigenvalue weighted by Gasteiger charge is 2.07. The number of rotatable bonds is 3. The van der Waals surface area contributed by atoms with Gasteiger partial charge in [0, 0.05) is 16.7 Å². The maximum atomic E-state index is 10.9. The van der Waals surface area contributed by atoms with Crippen molar-refractivity contribution < 1.29 is 9.90 Å². The summed E-state index contributed by atoms with van der Waals surface area (Å²) in [7, 11) is 0. The molecule has 0 aliphatic carbocycles. The van der Waals surface area contributed by atoms with E-state index in [4.69, 9.17) is 16.7 Å². The molecule has 5 heteroatoms. The van der Waals surface area contributed by atoms with E-state index >= 15 is 0 Å². The Balaban J connectivity index is 1.99. The number of nitrogens with zero attached hydrogens (tertiary/aromatic N) is 2. The van der Waals surface area contributed by atoms with Gasteiger partial charge in [-0.3, -0.25) is 0 Å². The lowest BCUT2D eigenvalue weighted by Gasteiger charge is -2.06. The van der Waals surface area contributed by atoms with E-state index in [0.717, 1.165) is 10.9 Å². The van der Waals surface area contributed by atoms with Crippen LogP contribution in [-0.2, 0) is 6.54 Å².